The maximum absolute atomic E-state index is 13.1. The first-order chi connectivity index (χ1) is 14.7. The zero-order valence-corrected chi connectivity index (χ0v) is 19.4. The van der Waals surface area contributed by atoms with Gasteiger partial charge in [-0.3, -0.25) is 13.9 Å². The third-order valence-electron chi connectivity index (χ3n) is 4.79. The summed E-state index contributed by atoms with van der Waals surface area (Å²) in [6, 6.07) is 10.8. The van der Waals surface area contributed by atoms with Gasteiger partial charge in [-0.1, -0.05) is 18.3 Å². The van der Waals surface area contributed by atoms with Gasteiger partial charge in [0.2, 0.25) is 15.9 Å². The summed E-state index contributed by atoms with van der Waals surface area (Å²) in [5.74, 6) is 0.164. The lowest BCUT2D eigenvalue weighted by atomic mass is 10.1. The smallest absolute Gasteiger partial charge is 0.307 e. The Balaban J connectivity index is 1.91. The van der Waals surface area contributed by atoms with Gasteiger partial charge in [0, 0.05) is 12.7 Å². The number of hydrogen-bond donors (Lipinski definition) is 1. The number of carbonyl (C=O) groups is 1. The highest BCUT2D eigenvalue weighted by atomic mass is 32.2. The van der Waals surface area contributed by atoms with Crippen molar-refractivity contribution < 1.29 is 17.9 Å². The molecule has 0 radical (unpaired) electrons. The van der Waals surface area contributed by atoms with E-state index in [0.717, 1.165) is 32.1 Å². The minimum Gasteiger partial charge on any atom is -0.494 e. The van der Waals surface area contributed by atoms with Crippen molar-refractivity contribution in [2.45, 2.75) is 26.3 Å². The van der Waals surface area contributed by atoms with Crippen molar-refractivity contribution in [2.24, 2.45) is 7.05 Å². The summed E-state index contributed by atoms with van der Waals surface area (Å²) in [5, 5.41) is 2.79. The van der Waals surface area contributed by atoms with Crippen molar-refractivity contribution in [1.29, 1.82) is 0 Å². The molecular weight excluding hydrogens is 438 g/mol. The summed E-state index contributed by atoms with van der Waals surface area (Å²) in [6.07, 6.45) is 1.35. The molecule has 0 aliphatic carbocycles. The van der Waals surface area contributed by atoms with Gasteiger partial charge in [0.15, 0.2) is 0 Å². The molecule has 0 aliphatic heterocycles. The molecule has 0 aliphatic rings. The number of amides is 1. The molecule has 8 nitrogen and oxygen atoms in total. The van der Waals surface area contributed by atoms with E-state index in [9.17, 15) is 18.0 Å². The van der Waals surface area contributed by atoms with Crippen molar-refractivity contribution in [1.82, 2.24) is 4.57 Å². The lowest BCUT2D eigenvalue weighted by molar-refractivity contribution is -0.117. The molecule has 0 saturated carbocycles. The monoisotopic (exact) mass is 463 g/mol. The highest BCUT2D eigenvalue weighted by molar-refractivity contribution is 7.92. The SMILES string of the molecule is CCOc1ccc(N([C@@H](CC)C(=O)Nc2ccc3c(c2)sc(=O)n3C)S(C)(=O)=O)cc1. The Bertz CT molecular complexity index is 1250. The van der Waals surface area contributed by atoms with E-state index in [0.29, 0.717) is 23.7 Å². The maximum Gasteiger partial charge on any atom is 0.307 e. The molecule has 1 atom stereocenters. The second-order valence-corrected chi connectivity index (χ2v) is 9.86. The van der Waals surface area contributed by atoms with Crippen LogP contribution < -0.4 is 19.2 Å². The van der Waals surface area contributed by atoms with E-state index in [1.165, 1.54) is 4.57 Å². The second kappa shape index (κ2) is 9.11. The van der Waals surface area contributed by atoms with Crippen molar-refractivity contribution in [3.63, 3.8) is 0 Å². The molecule has 0 fully saturated rings. The molecular formula is C21H25N3O5S2. The molecule has 1 N–H and O–H groups in total. The van der Waals surface area contributed by atoms with E-state index < -0.39 is 22.0 Å². The third-order valence-corrected chi connectivity index (χ3v) is 6.97. The first-order valence-electron chi connectivity index (χ1n) is 9.78. The number of ether oxygens (including phenoxy) is 1. The molecule has 0 unspecified atom stereocenters. The molecule has 3 rings (SSSR count). The van der Waals surface area contributed by atoms with Gasteiger partial charge in [0.1, 0.15) is 11.8 Å². The molecule has 1 aromatic heterocycles. The number of thiazole rings is 1. The summed E-state index contributed by atoms with van der Waals surface area (Å²) in [4.78, 5) is 24.8. The van der Waals surface area contributed by atoms with Crippen LogP contribution in [0.5, 0.6) is 5.75 Å². The van der Waals surface area contributed by atoms with E-state index >= 15 is 0 Å². The quantitative estimate of drug-likeness (QED) is 0.553. The molecule has 0 saturated heterocycles. The lowest BCUT2D eigenvalue weighted by Gasteiger charge is -2.30. The Labute approximate surface area is 185 Å². The number of nitrogens with zero attached hydrogens (tertiary/aromatic N) is 2. The summed E-state index contributed by atoms with van der Waals surface area (Å²) in [7, 11) is -2.05. The Hall–Kier alpha value is -2.85. The van der Waals surface area contributed by atoms with E-state index in [2.05, 4.69) is 5.32 Å². The van der Waals surface area contributed by atoms with Crippen LogP contribution in [0.3, 0.4) is 0 Å². The Kier molecular flexibility index (Phi) is 6.71. The zero-order valence-electron chi connectivity index (χ0n) is 17.8. The number of aryl methyl sites for hydroxylation is 1. The molecule has 0 bridgehead atoms. The molecule has 0 spiro atoms. The van der Waals surface area contributed by atoms with Crippen molar-refractivity contribution >= 4 is 48.9 Å². The molecule has 1 heterocycles. The van der Waals surface area contributed by atoms with E-state index in [1.54, 1.807) is 56.4 Å². The summed E-state index contributed by atoms with van der Waals surface area (Å²) in [6.45, 7) is 4.11. The summed E-state index contributed by atoms with van der Waals surface area (Å²) < 4.78 is 34.0. The zero-order chi connectivity index (χ0) is 22.8. The van der Waals surface area contributed by atoms with Crippen molar-refractivity contribution in [3.05, 3.63) is 52.1 Å². The molecule has 3 aromatic rings. The molecule has 10 heteroatoms. The number of benzene rings is 2. The third kappa shape index (κ3) is 4.91. The first kappa shape index (κ1) is 22.8. The van der Waals surface area contributed by atoms with Crippen molar-refractivity contribution in [3.8, 4) is 5.75 Å². The highest BCUT2D eigenvalue weighted by Crippen LogP contribution is 2.27. The van der Waals surface area contributed by atoms with Crippen LogP contribution in [-0.4, -0.2) is 37.8 Å². The fourth-order valence-electron chi connectivity index (χ4n) is 3.35. The summed E-state index contributed by atoms with van der Waals surface area (Å²) in [5.41, 5.74) is 1.65. The van der Waals surface area contributed by atoms with Gasteiger partial charge < -0.3 is 14.6 Å². The minimum atomic E-state index is -3.74. The van der Waals surface area contributed by atoms with Gasteiger partial charge in [-0.25, -0.2) is 8.42 Å². The normalized spacial score (nSPS) is 12.5. The number of aromatic nitrogens is 1. The number of nitrogens with one attached hydrogen (secondary N) is 1. The molecule has 166 valence electrons. The standard InChI is InChI=1S/C21H25N3O5S2/c1-5-17(24(31(4,27)28)15-8-10-16(11-9-15)29-6-2)20(25)22-14-7-12-18-19(13-14)30-21(26)23(18)3/h7-13,17H,5-6H2,1-4H3,(H,22,25)/t17-/m0/s1. The highest BCUT2D eigenvalue weighted by Gasteiger charge is 2.31. The van der Waals surface area contributed by atoms with Crippen LogP contribution in [-0.2, 0) is 21.9 Å². The number of rotatable bonds is 8. The Morgan fingerprint density at radius 3 is 2.45 bits per heavy atom. The van der Waals surface area contributed by atoms with Gasteiger partial charge in [-0.15, -0.1) is 0 Å². The van der Waals surface area contributed by atoms with E-state index in [1.807, 2.05) is 6.92 Å². The van der Waals surface area contributed by atoms with Gasteiger partial charge in [-0.05, 0) is 55.8 Å². The Morgan fingerprint density at radius 1 is 1.19 bits per heavy atom. The second-order valence-electron chi connectivity index (χ2n) is 7.01. The average molecular weight is 464 g/mol. The number of fused-ring (bicyclic) bond motifs is 1. The average Bonchev–Trinajstić information content (AvgIpc) is 2.99. The number of carbonyl (C=O) groups excluding carboxylic acids is 1. The largest absolute Gasteiger partial charge is 0.494 e. The van der Waals surface area contributed by atoms with Crippen LogP contribution >= 0.6 is 11.3 Å². The topological polar surface area (TPSA) is 97.7 Å². The fourth-order valence-corrected chi connectivity index (χ4v) is 5.48. The first-order valence-corrected chi connectivity index (χ1v) is 12.4. The van der Waals surface area contributed by atoms with Gasteiger partial charge in [-0.2, -0.15) is 0 Å². The van der Waals surface area contributed by atoms with Crippen LogP contribution in [0.1, 0.15) is 20.3 Å². The minimum absolute atomic E-state index is 0.0938. The van der Waals surface area contributed by atoms with Crippen LogP contribution in [0.15, 0.2) is 47.3 Å². The summed E-state index contributed by atoms with van der Waals surface area (Å²) >= 11 is 1.08. The van der Waals surface area contributed by atoms with Crippen LogP contribution in [0.2, 0.25) is 0 Å². The molecule has 31 heavy (non-hydrogen) atoms. The fraction of sp³-hybridized carbons (Fsp3) is 0.333. The van der Waals surface area contributed by atoms with Gasteiger partial charge in [0.05, 0.1) is 28.8 Å². The van der Waals surface area contributed by atoms with Gasteiger partial charge in [0.25, 0.3) is 0 Å². The number of hydrogen-bond acceptors (Lipinski definition) is 6. The Morgan fingerprint density at radius 2 is 1.87 bits per heavy atom. The van der Waals surface area contributed by atoms with Crippen molar-refractivity contribution in [2.75, 3.05) is 22.5 Å². The number of anilines is 2. The molecule has 1 amide bonds. The predicted octanol–water partition coefficient (Wildman–Crippen LogP) is 3.18. The van der Waals surface area contributed by atoms with Crippen LogP contribution in [0.25, 0.3) is 10.2 Å². The van der Waals surface area contributed by atoms with E-state index in [-0.39, 0.29) is 11.3 Å². The van der Waals surface area contributed by atoms with E-state index in [4.69, 9.17) is 4.74 Å². The van der Waals surface area contributed by atoms with Gasteiger partial charge >= 0.3 is 4.87 Å². The maximum atomic E-state index is 13.1. The lowest BCUT2D eigenvalue weighted by Crippen LogP contribution is -2.46. The van der Waals surface area contributed by atoms with Crippen LogP contribution in [0.4, 0.5) is 11.4 Å². The van der Waals surface area contributed by atoms with Crippen LogP contribution in [0, 0.1) is 0 Å². The predicted molar refractivity (Wildman–Crippen MR) is 125 cm³/mol. The number of sulfonamides is 1. The molecule has 2 aromatic carbocycles.